The molecule has 2 aromatic rings. The number of hydrogen-bond acceptors (Lipinski definition) is 3. The molecule has 1 N–H and O–H groups in total. The summed E-state index contributed by atoms with van der Waals surface area (Å²) in [6.07, 6.45) is 0. The van der Waals surface area contributed by atoms with Crippen molar-refractivity contribution in [2.45, 2.75) is 4.90 Å². The second-order valence-electron chi connectivity index (χ2n) is 4.89. The van der Waals surface area contributed by atoms with Gasteiger partial charge in [0.25, 0.3) is 5.91 Å². The fourth-order valence-corrected chi connectivity index (χ4v) is 3.27. The quantitative estimate of drug-likeness (QED) is 0.705. The molecule has 0 aliphatic carbocycles. The van der Waals surface area contributed by atoms with Gasteiger partial charge in [-0.05, 0) is 65.1 Å². The molecule has 0 atom stereocenters. The fraction of sp³-hybridized carbons (Fsp3) is 0.133. The van der Waals surface area contributed by atoms with Crippen LogP contribution in [0.5, 0.6) is 0 Å². The lowest BCUT2D eigenvalue weighted by molar-refractivity contribution is 0.102. The van der Waals surface area contributed by atoms with Gasteiger partial charge in [-0.15, -0.1) is 0 Å². The molecule has 0 aliphatic heterocycles. The Kier molecular flexibility index (Phi) is 5.66. The zero-order valence-corrected chi connectivity index (χ0v) is 16.1. The van der Waals surface area contributed by atoms with Crippen LogP contribution < -0.4 is 5.32 Å². The lowest BCUT2D eigenvalue weighted by atomic mass is 10.2. The van der Waals surface area contributed by atoms with Crippen LogP contribution in [-0.4, -0.2) is 32.7 Å². The van der Waals surface area contributed by atoms with Gasteiger partial charge in [0.2, 0.25) is 10.0 Å². The van der Waals surface area contributed by atoms with E-state index >= 15 is 0 Å². The maximum absolute atomic E-state index is 12.4. The number of nitrogens with one attached hydrogen (secondary N) is 1. The summed E-state index contributed by atoms with van der Waals surface area (Å²) >= 11 is 8.20. The van der Waals surface area contributed by atoms with Crippen LogP contribution in [0.2, 0.25) is 5.02 Å². The predicted octanol–water partition coefficient (Wildman–Crippen LogP) is 3.45. The molecule has 0 radical (unpaired) electrons. The van der Waals surface area contributed by atoms with Gasteiger partial charge in [0, 0.05) is 23.4 Å². The van der Waals surface area contributed by atoms with Crippen LogP contribution in [0.25, 0.3) is 0 Å². The SMILES string of the molecule is CN(C)S(=O)(=O)c1ccc(Cl)c(C(=O)Nc2ccc(I)cc2)c1. The van der Waals surface area contributed by atoms with E-state index in [0.29, 0.717) is 5.69 Å². The van der Waals surface area contributed by atoms with Gasteiger partial charge in [0.15, 0.2) is 0 Å². The Hall–Kier alpha value is -1.16. The zero-order valence-electron chi connectivity index (χ0n) is 12.4. The van der Waals surface area contributed by atoms with E-state index in [1.165, 1.54) is 32.3 Å². The second-order valence-corrected chi connectivity index (χ2v) is 8.69. The monoisotopic (exact) mass is 464 g/mol. The van der Waals surface area contributed by atoms with Crippen LogP contribution in [0.1, 0.15) is 10.4 Å². The Morgan fingerprint density at radius 2 is 1.74 bits per heavy atom. The third-order valence-corrected chi connectivity index (χ3v) is 5.92. The van der Waals surface area contributed by atoms with Gasteiger partial charge in [0.05, 0.1) is 15.5 Å². The maximum atomic E-state index is 12.4. The lowest BCUT2D eigenvalue weighted by Crippen LogP contribution is -2.23. The van der Waals surface area contributed by atoms with E-state index in [-0.39, 0.29) is 15.5 Å². The van der Waals surface area contributed by atoms with E-state index in [0.717, 1.165) is 7.88 Å². The smallest absolute Gasteiger partial charge is 0.257 e. The van der Waals surface area contributed by atoms with Gasteiger partial charge in [-0.3, -0.25) is 4.79 Å². The summed E-state index contributed by atoms with van der Waals surface area (Å²) in [5, 5.41) is 2.88. The molecule has 2 aromatic carbocycles. The van der Waals surface area contributed by atoms with E-state index in [4.69, 9.17) is 11.6 Å². The topological polar surface area (TPSA) is 66.5 Å². The van der Waals surface area contributed by atoms with Gasteiger partial charge in [-0.25, -0.2) is 12.7 Å². The second kappa shape index (κ2) is 7.16. The molecule has 1 amide bonds. The summed E-state index contributed by atoms with van der Waals surface area (Å²) in [6.45, 7) is 0. The molecule has 122 valence electrons. The number of anilines is 1. The van der Waals surface area contributed by atoms with Crippen LogP contribution in [0.15, 0.2) is 47.4 Å². The standard InChI is InChI=1S/C15H14ClIN2O3S/c1-19(2)23(21,22)12-7-8-14(16)13(9-12)15(20)18-11-5-3-10(17)4-6-11/h3-9H,1-2H3,(H,18,20). The summed E-state index contributed by atoms with van der Waals surface area (Å²) in [6, 6.07) is 11.3. The molecule has 0 unspecified atom stereocenters. The van der Waals surface area contributed by atoms with Crippen molar-refractivity contribution in [3.05, 3.63) is 56.6 Å². The highest BCUT2D eigenvalue weighted by molar-refractivity contribution is 14.1. The Morgan fingerprint density at radius 1 is 1.13 bits per heavy atom. The molecule has 0 spiro atoms. The molecular weight excluding hydrogens is 451 g/mol. The van der Waals surface area contributed by atoms with Crippen LogP contribution in [-0.2, 0) is 10.0 Å². The predicted molar refractivity (Wildman–Crippen MR) is 99.4 cm³/mol. The third-order valence-electron chi connectivity index (χ3n) is 3.06. The van der Waals surface area contributed by atoms with Gasteiger partial charge in [0.1, 0.15) is 0 Å². The molecule has 0 bridgehead atoms. The number of hydrogen-bond donors (Lipinski definition) is 1. The van der Waals surface area contributed by atoms with Crippen LogP contribution in [0.3, 0.4) is 0 Å². The van der Waals surface area contributed by atoms with Crippen molar-refractivity contribution in [3.63, 3.8) is 0 Å². The average molecular weight is 465 g/mol. The van der Waals surface area contributed by atoms with Crippen LogP contribution in [0, 0.1) is 3.57 Å². The molecule has 8 heteroatoms. The molecule has 23 heavy (non-hydrogen) atoms. The highest BCUT2D eigenvalue weighted by atomic mass is 127. The van der Waals surface area contributed by atoms with E-state index in [1.54, 1.807) is 12.1 Å². The van der Waals surface area contributed by atoms with Gasteiger partial charge in [-0.2, -0.15) is 0 Å². The number of halogens is 2. The zero-order chi connectivity index (χ0) is 17.2. The number of sulfonamides is 1. The molecule has 0 aliphatic rings. The van der Waals surface area contributed by atoms with Crippen molar-refractivity contribution in [1.29, 1.82) is 0 Å². The minimum absolute atomic E-state index is 0.0136. The third kappa shape index (κ3) is 4.23. The van der Waals surface area contributed by atoms with E-state index < -0.39 is 15.9 Å². The summed E-state index contributed by atoms with van der Waals surface area (Å²) in [4.78, 5) is 12.4. The Balaban J connectivity index is 2.35. The molecule has 2 rings (SSSR count). The van der Waals surface area contributed by atoms with Crippen LogP contribution >= 0.6 is 34.2 Å². The number of carbonyl (C=O) groups is 1. The van der Waals surface area contributed by atoms with Gasteiger partial charge in [-0.1, -0.05) is 11.6 Å². The first-order valence-electron chi connectivity index (χ1n) is 6.51. The molecule has 0 fully saturated rings. The fourth-order valence-electron chi connectivity index (χ4n) is 1.78. The highest BCUT2D eigenvalue weighted by Crippen LogP contribution is 2.23. The summed E-state index contributed by atoms with van der Waals surface area (Å²) in [5.74, 6) is -0.466. The molecule has 0 aromatic heterocycles. The number of nitrogens with zero attached hydrogens (tertiary/aromatic N) is 1. The first kappa shape index (κ1) is 18.2. The Morgan fingerprint density at radius 3 is 2.30 bits per heavy atom. The minimum Gasteiger partial charge on any atom is -0.322 e. The highest BCUT2D eigenvalue weighted by Gasteiger charge is 2.20. The first-order valence-corrected chi connectivity index (χ1v) is 9.40. The van der Waals surface area contributed by atoms with Crippen LogP contribution in [0.4, 0.5) is 5.69 Å². The van der Waals surface area contributed by atoms with Crippen molar-refractivity contribution in [3.8, 4) is 0 Å². The normalized spacial score (nSPS) is 11.5. The van der Waals surface area contributed by atoms with Crippen molar-refractivity contribution >= 4 is 55.8 Å². The van der Waals surface area contributed by atoms with Crippen molar-refractivity contribution in [2.75, 3.05) is 19.4 Å². The first-order chi connectivity index (χ1) is 10.7. The lowest BCUT2D eigenvalue weighted by Gasteiger charge is -2.13. The average Bonchev–Trinajstić information content (AvgIpc) is 2.49. The minimum atomic E-state index is -3.63. The van der Waals surface area contributed by atoms with E-state index in [9.17, 15) is 13.2 Å². The van der Waals surface area contributed by atoms with Crippen molar-refractivity contribution in [2.24, 2.45) is 0 Å². The number of amides is 1. The summed E-state index contributed by atoms with van der Waals surface area (Å²) in [5.41, 5.74) is 0.709. The molecule has 0 saturated heterocycles. The molecule has 0 saturated carbocycles. The maximum Gasteiger partial charge on any atom is 0.257 e. The van der Waals surface area contributed by atoms with E-state index in [1.807, 2.05) is 12.1 Å². The summed E-state index contributed by atoms with van der Waals surface area (Å²) in [7, 11) is -0.783. The van der Waals surface area contributed by atoms with Crippen molar-refractivity contribution < 1.29 is 13.2 Å². The number of rotatable bonds is 4. The molecule has 5 nitrogen and oxygen atoms in total. The van der Waals surface area contributed by atoms with Gasteiger partial charge < -0.3 is 5.32 Å². The largest absolute Gasteiger partial charge is 0.322 e. The molecular formula is C15H14ClIN2O3S. The number of benzene rings is 2. The summed E-state index contributed by atoms with van der Waals surface area (Å²) < 4.78 is 26.4. The Bertz CT molecular complexity index is 836. The van der Waals surface area contributed by atoms with E-state index in [2.05, 4.69) is 27.9 Å². The number of carbonyl (C=O) groups excluding carboxylic acids is 1. The Labute approximate surface area is 153 Å². The molecule has 0 heterocycles. The van der Waals surface area contributed by atoms with Crippen molar-refractivity contribution in [1.82, 2.24) is 4.31 Å². The van der Waals surface area contributed by atoms with Gasteiger partial charge >= 0.3 is 0 Å².